The van der Waals surface area contributed by atoms with Crippen molar-refractivity contribution in [2.75, 3.05) is 24.6 Å². The number of hydrogen-bond donors (Lipinski definition) is 1. The van der Waals surface area contributed by atoms with Gasteiger partial charge >= 0.3 is 0 Å². The number of hydrogen-bond acceptors (Lipinski definition) is 6. The summed E-state index contributed by atoms with van der Waals surface area (Å²) in [7, 11) is 0. The van der Waals surface area contributed by atoms with Crippen LogP contribution in [0.1, 0.15) is 48.2 Å². The van der Waals surface area contributed by atoms with E-state index in [0.717, 1.165) is 54.0 Å². The lowest BCUT2D eigenvalue weighted by Crippen LogP contribution is -2.45. The number of ether oxygens (including phenoxy) is 1. The van der Waals surface area contributed by atoms with Gasteiger partial charge in [-0.1, -0.05) is 23.7 Å². The maximum absolute atomic E-state index is 13.1. The molecule has 1 aromatic carbocycles. The Labute approximate surface area is 238 Å². The number of nitrogens with one attached hydrogen (secondary N) is 1. The Morgan fingerprint density at radius 2 is 2.00 bits per heavy atom. The van der Waals surface area contributed by atoms with Crippen molar-refractivity contribution >= 4 is 28.8 Å². The smallest absolute Gasteiger partial charge is 0.253 e. The molecule has 4 aromatic rings. The zero-order chi connectivity index (χ0) is 28.0. The fourth-order valence-electron chi connectivity index (χ4n) is 6.56. The Morgan fingerprint density at radius 3 is 2.65 bits per heavy atom. The number of carbonyl (C=O) groups excluding carboxylic acids is 1. The third-order valence-electron chi connectivity index (χ3n) is 8.27. The Kier molecular flexibility index (Phi) is 6.63. The highest BCUT2D eigenvalue weighted by Crippen LogP contribution is 2.45. The van der Waals surface area contributed by atoms with Crippen molar-refractivity contribution in [3.63, 3.8) is 0 Å². The molecule has 8 nitrogen and oxygen atoms in total. The summed E-state index contributed by atoms with van der Waals surface area (Å²) in [4.78, 5) is 20.3. The van der Waals surface area contributed by atoms with Crippen LogP contribution in [0.5, 0.6) is 5.75 Å². The van der Waals surface area contributed by atoms with Crippen LogP contribution in [0.25, 0.3) is 16.6 Å². The van der Waals surface area contributed by atoms with Crippen molar-refractivity contribution < 1.29 is 9.53 Å². The molecule has 3 aromatic heterocycles. The van der Waals surface area contributed by atoms with Crippen LogP contribution in [-0.2, 0) is 0 Å². The number of aromatic nitrogens is 3. The van der Waals surface area contributed by atoms with Crippen LogP contribution in [0.3, 0.4) is 0 Å². The maximum Gasteiger partial charge on any atom is 0.253 e. The number of nitrogens with zero attached hydrogens (tertiary/aromatic N) is 5. The second-order valence-electron chi connectivity index (χ2n) is 11.2. The first-order chi connectivity index (χ1) is 19.3. The van der Waals surface area contributed by atoms with Gasteiger partial charge in [-0.15, -0.1) is 0 Å². The highest BCUT2D eigenvalue weighted by Gasteiger charge is 2.47. The molecule has 9 heteroatoms. The average Bonchev–Trinajstić information content (AvgIpc) is 3.59. The van der Waals surface area contributed by atoms with Crippen molar-refractivity contribution in [1.29, 1.82) is 5.26 Å². The summed E-state index contributed by atoms with van der Waals surface area (Å²) in [6.07, 6.45) is 7.06. The first-order valence-corrected chi connectivity index (χ1v) is 14.0. The van der Waals surface area contributed by atoms with Crippen LogP contribution < -0.4 is 15.0 Å². The van der Waals surface area contributed by atoms with Crippen LogP contribution in [0, 0.1) is 30.1 Å². The Bertz CT molecular complexity index is 1610. The van der Waals surface area contributed by atoms with Crippen molar-refractivity contribution in [3.8, 4) is 22.9 Å². The first-order valence-electron chi connectivity index (χ1n) is 13.6. The molecule has 2 aliphatic rings. The number of fused-ring (bicyclic) bond motifs is 2. The number of nitriles is 1. The number of pyridine rings is 2. The lowest BCUT2D eigenvalue weighted by molar-refractivity contribution is 0.0904. The van der Waals surface area contributed by atoms with Gasteiger partial charge < -0.3 is 15.0 Å². The van der Waals surface area contributed by atoms with Crippen LogP contribution in [0.15, 0.2) is 55.0 Å². The van der Waals surface area contributed by atoms with E-state index in [1.54, 1.807) is 23.0 Å². The first kappa shape index (κ1) is 26.1. The molecule has 0 bridgehead atoms. The Hall–Kier alpha value is -4.09. The van der Waals surface area contributed by atoms with Crippen LogP contribution in [-0.4, -0.2) is 45.7 Å². The van der Waals surface area contributed by atoms with Gasteiger partial charge in [0.2, 0.25) is 0 Å². The molecule has 1 aliphatic heterocycles. The molecule has 3 atom stereocenters. The van der Waals surface area contributed by atoms with Crippen molar-refractivity contribution in [1.82, 2.24) is 19.9 Å². The minimum absolute atomic E-state index is 0.0973. The normalized spacial score (nSPS) is 21.8. The third kappa shape index (κ3) is 4.65. The molecule has 0 unspecified atom stereocenters. The molecule has 1 saturated heterocycles. The molecule has 1 saturated carbocycles. The summed E-state index contributed by atoms with van der Waals surface area (Å²) < 4.78 is 7.43. The fourth-order valence-corrected chi connectivity index (χ4v) is 6.87. The molecule has 204 valence electrons. The van der Waals surface area contributed by atoms with Gasteiger partial charge in [0.1, 0.15) is 17.6 Å². The molecule has 1 aliphatic carbocycles. The summed E-state index contributed by atoms with van der Waals surface area (Å²) in [6.45, 7) is 8.34. The monoisotopic (exact) mass is 554 g/mol. The van der Waals surface area contributed by atoms with Gasteiger partial charge in [0.25, 0.3) is 5.91 Å². The summed E-state index contributed by atoms with van der Waals surface area (Å²) in [6, 6.07) is 13.8. The van der Waals surface area contributed by atoms with Gasteiger partial charge in [0, 0.05) is 36.0 Å². The molecular weight excluding hydrogens is 524 g/mol. The molecule has 1 N–H and O–H groups in total. The van der Waals surface area contributed by atoms with E-state index in [2.05, 4.69) is 28.3 Å². The minimum Gasteiger partial charge on any atom is -0.492 e. The highest BCUT2D eigenvalue weighted by molar-refractivity contribution is 6.34. The topological polar surface area (TPSA) is 95.5 Å². The highest BCUT2D eigenvalue weighted by atomic mass is 35.5. The summed E-state index contributed by atoms with van der Waals surface area (Å²) in [5.41, 5.74) is 4.20. The molecular formula is C31H31ClN6O2. The fraction of sp³-hybridized carbons (Fsp3) is 0.355. The number of aryl methyl sites for hydroxylation is 1. The van der Waals surface area contributed by atoms with Gasteiger partial charge in [0.15, 0.2) is 0 Å². The van der Waals surface area contributed by atoms with Gasteiger partial charge in [-0.2, -0.15) is 10.4 Å². The quantitative estimate of drug-likeness (QED) is 0.330. The second-order valence-corrected chi connectivity index (χ2v) is 11.6. The van der Waals surface area contributed by atoms with E-state index in [0.29, 0.717) is 40.3 Å². The molecule has 0 radical (unpaired) electrons. The van der Waals surface area contributed by atoms with Crippen LogP contribution in [0.2, 0.25) is 5.02 Å². The maximum atomic E-state index is 13.1. The molecule has 0 spiro atoms. The van der Waals surface area contributed by atoms with E-state index in [1.807, 2.05) is 50.4 Å². The zero-order valence-electron chi connectivity index (χ0n) is 22.8. The van der Waals surface area contributed by atoms with Crippen molar-refractivity contribution in [2.24, 2.45) is 11.8 Å². The number of benzene rings is 1. The summed E-state index contributed by atoms with van der Waals surface area (Å²) in [5.74, 6) is 2.48. The average molecular weight is 555 g/mol. The minimum atomic E-state index is -0.262. The van der Waals surface area contributed by atoms with Crippen molar-refractivity contribution in [2.45, 2.75) is 39.2 Å². The Balaban J connectivity index is 1.17. The van der Waals surface area contributed by atoms with Crippen molar-refractivity contribution in [3.05, 3.63) is 76.7 Å². The number of anilines is 1. The van der Waals surface area contributed by atoms with Gasteiger partial charge in [-0.25, -0.2) is 9.50 Å². The van der Waals surface area contributed by atoms with Gasteiger partial charge in [0.05, 0.1) is 40.7 Å². The molecule has 4 heterocycles. The summed E-state index contributed by atoms with van der Waals surface area (Å²) >= 11 is 6.35. The number of carbonyl (C=O) groups is 1. The van der Waals surface area contributed by atoms with Gasteiger partial charge in [-0.3, -0.25) is 4.79 Å². The van der Waals surface area contributed by atoms with E-state index in [9.17, 15) is 10.1 Å². The van der Waals surface area contributed by atoms with E-state index in [1.165, 1.54) is 0 Å². The summed E-state index contributed by atoms with van der Waals surface area (Å²) in [5, 5.41) is 17.7. The Morgan fingerprint density at radius 1 is 1.23 bits per heavy atom. The van der Waals surface area contributed by atoms with E-state index in [4.69, 9.17) is 21.3 Å². The predicted octanol–water partition coefficient (Wildman–Crippen LogP) is 5.66. The van der Waals surface area contributed by atoms with E-state index >= 15 is 0 Å². The van der Waals surface area contributed by atoms with Crippen LogP contribution in [0.4, 0.5) is 5.82 Å². The zero-order valence-corrected chi connectivity index (χ0v) is 23.6. The molecule has 6 rings (SSSR count). The second kappa shape index (κ2) is 10.1. The number of amides is 1. The SMILES string of the molecule is CCOc1cc(-c2ccc(N3C[C@@H]4C[C@@](C)(NC(=O)c5c(C)cccc5Cl)C[C@@H]4C3)nc2)c2c(C#N)cnn2c1. The van der Waals surface area contributed by atoms with E-state index < -0.39 is 0 Å². The number of rotatable bonds is 6. The van der Waals surface area contributed by atoms with E-state index in [-0.39, 0.29) is 11.4 Å². The lowest BCUT2D eigenvalue weighted by Gasteiger charge is -2.29. The number of halogens is 1. The largest absolute Gasteiger partial charge is 0.492 e. The third-order valence-corrected chi connectivity index (χ3v) is 8.58. The molecule has 40 heavy (non-hydrogen) atoms. The standard InChI is InChI=1S/C31H31ClN6O2/c1-4-40-24-10-25(29-23(13-33)15-35-38(29)18-24)20-8-9-27(34-14-20)37-16-21-11-31(3,12-22(21)17-37)36-30(39)28-19(2)6-5-7-26(28)32/h5-10,14-15,18,21-22H,4,11-12,16-17H2,1-3H3,(H,36,39)/t21-,22+,31+. The molecule has 1 amide bonds. The predicted molar refractivity (Wildman–Crippen MR) is 155 cm³/mol. The van der Waals surface area contributed by atoms with Gasteiger partial charge in [-0.05, 0) is 75.3 Å². The molecule has 2 fully saturated rings. The van der Waals surface area contributed by atoms with Crippen LogP contribution >= 0.6 is 11.6 Å². The lowest BCUT2D eigenvalue weighted by atomic mass is 9.96.